The van der Waals surface area contributed by atoms with Gasteiger partial charge in [-0.05, 0) is 0 Å². The standard InChI is InChI=1S/C9H9F4NO3S/c1-17-2-3-18(15,16)14-9-7(12)5(10)4-6(11)8(9)13/h4,14H,2-3H2,1H3. The Bertz CT molecular complexity index is 521. The lowest BCUT2D eigenvalue weighted by Crippen LogP contribution is -2.21. The van der Waals surface area contributed by atoms with Gasteiger partial charge >= 0.3 is 0 Å². The first-order chi connectivity index (χ1) is 8.28. The highest BCUT2D eigenvalue weighted by Crippen LogP contribution is 2.24. The van der Waals surface area contributed by atoms with Crippen LogP contribution in [0.4, 0.5) is 23.2 Å². The van der Waals surface area contributed by atoms with Gasteiger partial charge in [-0.3, -0.25) is 4.72 Å². The van der Waals surface area contributed by atoms with Crippen LogP contribution < -0.4 is 4.72 Å². The van der Waals surface area contributed by atoms with Crippen LogP contribution in [0.15, 0.2) is 6.07 Å². The van der Waals surface area contributed by atoms with Gasteiger partial charge < -0.3 is 4.74 Å². The third-order valence-electron chi connectivity index (χ3n) is 1.93. The minimum atomic E-state index is -4.16. The Morgan fingerprint density at radius 1 is 1.17 bits per heavy atom. The van der Waals surface area contributed by atoms with Crippen molar-refractivity contribution in [2.24, 2.45) is 0 Å². The average molecular weight is 287 g/mol. The SMILES string of the molecule is COCCS(=O)(=O)Nc1c(F)c(F)cc(F)c1F. The Morgan fingerprint density at radius 2 is 1.67 bits per heavy atom. The molecule has 102 valence electrons. The highest BCUT2D eigenvalue weighted by atomic mass is 32.2. The monoisotopic (exact) mass is 287 g/mol. The van der Waals surface area contributed by atoms with Crippen molar-refractivity contribution in [1.29, 1.82) is 0 Å². The number of hydrogen-bond donors (Lipinski definition) is 1. The fraction of sp³-hybridized carbons (Fsp3) is 0.333. The van der Waals surface area contributed by atoms with Crippen molar-refractivity contribution in [1.82, 2.24) is 0 Å². The minimum absolute atomic E-state index is 0.0163. The number of nitrogens with one attached hydrogen (secondary N) is 1. The first kappa shape index (κ1) is 14.7. The molecule has 0 aromatic heterocycles. The van der Waals surface area contributed by atoms with Gasteiger partial charge in [-0.1, -0.05) is 0 Å². The Balaban J connectivity index is 3.12. The number of rotatable bonds is 5. The van der Waals surface area contributed by atoms with Gasteiger partial charge in [-0.25, -0.2) is 26.0 Å². The summed E-state index contributed by atoms with van der Waals surface area (Å²) in [5, 5.41) is 0. The van der Waals surface area contributed by atoms with Crippen LogP contribution in [-0.4, -0.2) is 27.9 Å². The average Bonchev–Trinajstić information content (AvgIpc) is 2.30. The second-order valence-corrected chi connectivity index (χ2v) is 5.10. The number of halogens is 4. The maximum absolute atomic E-state index is 13.2. The van der Waals surface area contributed by atoms with E-state index >= 15 is 0 Å². The predicted octanol–water partition coefficient (Wildman–Crippen LogP) is 1.63. The number of benzene rings is 1. The molecule has 9 heteroatoms. The van der Waals surface area contributed by atoms with E-state index in [4.69, 9.17) is 0 Å². The van der Waals surface area contributed by atoms with Gasteiger partial charge in [-0.15, -0.1) is 0 Å². The summed E-state index contributed by atoms with van der Waals surface area (Å²) in [5.41, 5.74) is -1.39. The Labute approximate surface area is 101 Å². The summed E-state index contributed by atoms with van der Waals surface area (Å²) in [5.74, 6) is -7.62. The number of anilines is 1. The van der Waals surface area contributed by atoms with Gasteiger partial charge in [0.2, 0.25) is 10.0 Å². The maximum Gasteiger partial charge on any atom is 0.235 e. The quantitative estimate of drug-likeness (QED) is 0.661. The van der Waals surface area contributed by atoms with E-state index in [0.29, 0.717) is 0 Å². The van der Waals surface area contributed by atoms with E-state index in [1.807, 2.05) is 0 Å². The molecular formula is C9H9F4NO3S. The number of sulfonamides is 1. The van der Waals surface area contributed by atoms with Crippen molar-refractivity contribution in [3.63, 3.8) is 0 Å². The molecule has 0 unspecified atom stereocenters. The van der Waals surface area contributed by atoms with E-state index < -0.39 is 44.7 Å². The number of methoxy groups -OCH3 is 1. The first-order valence-electron chi connectivity index (χ1n) is 4.61. The molecule has 0 radical (unpaired) electrons. The third kappa shape index (κ3) is 3.33. The molecule has 0 spiro atoms. The van der Waals surface area contributed by atoms with Gasteiger partial charge in [0.25, 0.3) is 0 Å². The lowest BCUT2D eigenvalue weighted by Gasteiger charge is -2.10. The molecule has 0 aliphatic carbocycles. The van der Waals surface area contributed by atoms with Crippen molar-refractivity contribution in [2.75, 3.05) is 24.2 Å². The molecule has 1 N–H and O–H groups in total. The molecule has 1 rings (SSSR count). The van der Waals surface area contributed by atoms with Crippen LogP contribution >= 0.6 is 0 Å². The van der Waals surface area contributed by atoms with E-state index in [2.05, 4.69) is 4.74 Å². The van der Waals surface area contributed by atoms with Crippen LogP contribution in [0.1, 0.15) is 0 Å². The molecule has 1 aromatic carbocycles. The fourth-order valence-electron chi connectivity index (χ4n) is 1.06. The second kappa shape index (κ2) is 5.53. The minimum Gasteiger partial charge on any atom is -0.384 e. The highest BCUT2D eigenvalue weighted by molar-refractivity contribution is 7.92. The zero-order valence-corrected chi connectivity index (χ0v) is 9.95. The molecule has 0 atom stereocenters. The third-order valence-corrected chi connectivity index (χ3v) is 3.14. The summed E-state index contributed by atoms with van der Waals surface area (Å²) in [6.45, 7) is -0.240. The van der Waals surface area contributed by atoms with Gasteiger partial charge in [0.1, 0.15) is 5.69 Å². The topological polar surface area (TPSA) is 55.4 Å². The van der Waals surface area contributed by atoms with E-state index in [9.17, 15) is 26.0 Å². The van der Waals surface area contributed by atoms with Crippen LogP contribution in [0.3, 0.4) is 0 Å². The number of hydrogen-bond acceptors (Lipinski definition) is 3. The molecule has 0 heterocycles. The first-order valence-corrected chi connectivity index (χ1v) is 6.26. The van der Waals surface area contributed by atoms with Crippen molar-refractivity contribution < 1.29 is 30.7 Å². The molecular weight excluding hydrogens is 278 g/mol. The molecule has 0 bridgehead atoms. The summed E-state index contributed by atoms with van der Waals surface area (Å²) in [4.78, 5) is 0. The van der Waals surface area contributed by atoms with Crippen molar-refractivity contribution in [3.05, 3.63) is 29.3 Å². The van der Waals surface area contributed by atoms with Gasteiger partial charge in [0.15, 0.2) is 23.3 Å². The summed E-state index contributed by atoms with van der Waals surface area (Å²) in [6.07, 6.45) is 0. The lowest BCUT2D eigenvalue weighted by molar-refractivity contribution is 0.217. The molecule has 0 amide bonds. The largest absolute Gasteiger partial charge is 0.384 e. The van der Waals surface area contributed by atoms with Crippen LogP contribution in [0.25, 0.3) is 0 Å². The van der Waals surface area contributed by atoms with Crippen molar-refractivity contribution in [2.45, 2.75) is 0 Å². The summed E-state index contributed by atoms with van der Waals surface area (Å²) < 4.78 is 80.5. The molecule has 18 heavy (non-hydrogen) atoms. The smallest absolute Gasteiger partial charge is 0.235 e. The zero-order chi connectivity index (χ0) is 13.9. The lowest BCUT2D eigenvalue weighted by atomic mass is 10.3. The molecule has 0 fully saturated rings. The summed E-state index contributed by atoms with van der Waals surface area (Å²) >= 11 is 0. The normalized spacial score (nSPS) is 11.6. The van der Waals surface area contributed by atoms with Gasteiger partial charge in [0.05, 0.1) is 12.4 Å². The van der Waals surface area contributed by atoms with E-state index in [1.54, 1.807) is 0 Å². The van der Waals surface area contributed by atoms with E-state index in [0.717, 1.165) is 0 Å². The fourth-order valence-corrected chi connectivity index (χ4v) is 2.04. The second-order valence-electron chi connectivity index (χ2n) is 3.26. The van der Waals surface area contributed by atoms with Gasteiger partial charge in [0, 0.05) is 13.2 Å². The van der Waals surface area contributed by atoms with E-state index in [1.165, 1.54) is 11.8 Å². The zero-order valence-electron chi connectivity index (χ0n) is 9.14. The summed E-state index contributed by atoms with van der Waals surface area (Å²) in [7, 11) is -2.94. The number of ether oxygens (including phenoxy) is 1. The van der Waals surface area contributed by atoms with Gasteiger partial charge in [-0.2, -0.15) is 0 Å². The summed E-state index contributed by atoms with van der Waals surface area (Å²) in [6, 6.07) is -0.0163. The molecule has 0 aliphatic heterocycles. The van der Waals surface area contributed by atoms with E-state index in [-0.39, 0.29) is 12.7 Å². The van der Waals surface area contributed by atoms with Crippen molar-refractivity contribution >= 4 is 15.7 Å². The Hall–Kier alpha value is -1.35. The highest BCUT2D eigenvalue weighted by Gasteiger charge is 2.23. The van der Waals surface area contributed by atoms with Crippen LogP contribution in [0, 0.1) is 23.3 Å². The van der Waals surface area contributed by atoms with Crippen molar-refractivity contribution in [3.8, 4) is 0 Å². The Kier molecular flexibility index (Phi) is 4.52. The molecule has 4 nitrogen and oxygen atoms in total. The van der Waals surface area contributed by atoms with Crippen LogP contribution in [0.5, 0.6) is 0 Å². The molecule has 1 aromatic rings. The molecule has 0 saturated carbocycles. The van der Waals surface area contributed by atoms with Crippen LogP contribution in [-0.2, 0) is 14.8 Å². The predicted molar refractivity (Wildman–Crippen MR) is 55.6 cm³/mol. The Morgan fingerprint density at radius 3 is 2.11 bits per heavy atom. The van der Waals surface area contributed by atoms with Crippen LogP contribution in [0.2, 0.25) is 0 Å². The molecule has 0 saturated heterocycles. The molecule has 0 aliphatic rings. The maximum atomic E-state index is 13.2.